The Kier molecular flexibility index (Phi) is 5.09. The maximum absolute atomic E-state index is 12.2. The molecule has 3 nitrogen and oxygen atoms in total. The van der Waals surface area contributed by atoms with Crippen LogP contribution in [0.25, 0.3) is 0 Å². The lowest BCUT2D eigenvalue weighted by Crippen LogP contribution is -2.27. The van der Waals surface area contributed by atoms with E-state index in [0.717, 1.165) is 15.1 Å². The van der Waals surface area contributed by atoms with Gasteiger partial charge in [0.1, 0.15) is 0 Å². The third-order valence-corrected chi connectivity index (χ3v) is 4.39. The van der Waals surface area contributed by atoms with E-state index in [1.807, 2.05) is 48.5 Å². The molecule has 2 aromatic carbocycles. The first-order valence-electron chi connectivity index (χ1n) is 6.07. The van der Waals surface area contributed by atoms with Crippen LogP contribution in [0.15, 0.2) is 57.9 Å². The van der Waals surface area contributed by atoms with E-state index in [1.165, 1.54) is 11.8 Å². The highest BCUT2D eigenvalue weighted by molar-refractivity contribution is 9.10. The van der Waals surface area contributed by atoms with Crippen LogP contribution >= 0.6 is 27.7 Å². The van der Waals surface area contributed by atoms with Crippen LogP contribution in [-0.2, 0) is 4.79 Å². The smallest absolute Gasteiger partial charge is 0.237 e. The molecule has 0 fully saturated rings. The molecule has 0 unspecified atom stereocenters. The first-order chi connectivity index (χ1) is 9.58. The Bertz CT molecular complexity index is 604. The molecule has 0 heterocycles. The normalized spacial score (nSPS) is 10.3. The number of rotatable bonds is 4. The van der Waals surface area contributed by atoms with Crippen LogP contribution < -0.4 is 10.6 Å². The van der Waals surface area contributed by atoms with Gasteiger partial charge < -0.3 is 10.6 Å². The van der Waals surface area contributed by atoms with Crippen molar-refractivity contribution in [3.63, 3.8) is 0 Å². The maximum Gasteiger partial charge on any atom is 0.237 e. The number of thioether (sulfide) groups is 1. The number of benzene rings is 2. The van der Waals surface area contributed by atoms with E-state index in [0.29, 0.717) is 11.4 Å². The van der Waals surface area contributed by atoms with Gasteiger partial charge in [0, 0.05) is 27.8 Å². The molecule has 0 spiro atoms. The zero-order chi connectivity index (χ0) is 14.5. The molecular formula is C15H15BrN2OS. The van der Waals surface area contributed by atoms with Crippen LogP contribution in [0.1, 0.15) is 0 Å². The summed E-state index contributed by atoms with van der Waals surface area (Å²) in [5, 5.41) is 0. The van der Waals surface area contributed by atoms with Crippen LogP contribution in [0, 0.1) is 0 Å². The van der Waals surface area contributed by atoms with E-state index in [2.05, 4.69) is 15.9 Å². The van der Waals surface area contributed by atoms with E-state index in [9.17, 15) is 4.79 Å². The molecule has 0 atom stereocenters. The van der Waals surface area contributed by atoms with Gasteiger partial charge in [-0.15, -0.1) is 11.8 Å². The number of nitrogen functional groups attached to an aromatic ring is 1. The van der Waals surface area contributed by atoms with E-state index < -0.39 is 0 Å². The molecule has 0 bridgehead atoms. The summed E-state index contributed by atoms with van der Waals surface area (Å²) in [6, 6.07) is 15.2. The van der Waals surface area contributed by atoms with Crippen LogP contribution in [-0.4, -0.2) is 18.7 Å². The van der Waals surface area contributed by atoms with Gasteiger partial charge in [-0.1, -0.05) is 34.1 Å². The number of para-hydroxylation sites is 1. The van der Waals surface area contributed by atoms with Crippen molar-refractivity contribution in [3.05, 3.63) is 53.0 Å². The second-order valence-electron chi connectivity index (χ2n) is 4.26. The van der Waals surface area contributed by atoms with E-state index in [1.54, 1.807) is 11.9 Å². The number of carbonyl (C=O) groups is 1. The highest BCUT2D eigenvalue weighted by atomic mass is 79.9. The van der Waals surface area contributed by atoms with Crippen molar-refractivity contribution in [2.75, 3.05) is 23.4 Å². The van der Waals surface area contributed by atoms with E-state index >= 15 is 0 Å². The number of carbonyl (C=O) groups excluding carboxylic acids is 1. The summed E-state index contributed by atoms with van der Waals surface area (Å²) in [5.41, 5.74) is 7.47. The quantitative estimate of drug-likeness (QED) is 0.674. The van der Waals surface area contributed by atoms with Crippen molar-refractivity contribution in [1.82, 2.24) is 0 Å². The van der Waals surface area contributed by atoms with Gasteiger partial charge in [0.15, 0.2) is 0 Å². The molecule has 0 aliphatic heterocycles. The van der Waals surface area contributed by atoms with Gasteiger partial charge in [-0.05, 0) is 30.3 Å². The van der Waals surface area contributed by atoms with Crippen molar-refractivity contribution < 1.29 is 4.79 Å². The number of nitrogens with two attached hydrogens (primary N) is 1. The molecule has 2 aromatic rings. The second-order valence-corrected chi connectivity index (χ2v) is 6.19. The average molecular weight is 351 g/mol. The number of amides is 1. The van der Waals surface area contributed by atoms with Gasteiger partial charge in [-0.3, -0.25) is 4.79 Å². The molecule has 0 aliphatic rings. The molecule has 2 rings (SSSR count). The minimum atomic E-state index is 0.0422. The Morgan fingerprint density at radius 2 is 1.95 bits per heavy atom. The van der Waals surface area contributed by atoms with Crippen LogP contribution in [0.3, 0.4) is 0 Å². The topological polar surface area (TPSA) is 46.3 Å². The van der Waals surface area contributed by atoms with Gasteiger partial charge in [0.2, 0.25) is 5.91 Å². The minimum absolute atomic E-state index is 0.0422. The fourth-order valence-corrected chi connectivity index (χ4v) is 3.10. The third-order valence-electron chi connectivity index (χ3n) is 2.84. The molecule has 104 valence electrons. The second kappa shape index (κ2) is 6.81. The van der Waals surface area contributed by atoms with Gasteiger partial charge in [-0.25, -0.2) is 0 Å². The average Bonchev–Trinajstić information content (AvgIpc) is 2.48. The summed E-state index contributed by atoms with van der Waals surface area (Å²) in [4.78, 5) is 14.7. The molecule has 20 heavy (non-hydrogen) atoms. The van der Waals surface area contributed by atoms with Crippen molar-refractivity contribution >= 4 is 45.0 Å². The highest BCUT2D eigenvalue weighted by Gasteiger charge is 2.12. The Hall–Kier alpha value is -1.46. The summed E-state index contributed by atoms with van der Waals surface area (Å²) >= 11 is 4.85. The first-order valence-corrected chi connectivity index (χ1v) is 7.85. The summed E-state index contributed by atoms with van der Waals surface area (Å²) < 4.78 is 0.957. The Labute approximate surface area is 131 Å². The lowest BCUT2D eigenvalue weighted by atomic mass is 10.3. The van der Waals surface area contributed by atoms with Crippen molar-refractivity contribution in [2.45, 2.75) is 4.90 Å². The van der Waals surface area contributed by atoms with Gasteiger partial charge in [0.05, 0.1) is 5.75 Å². The number of hydrogen-bond donors (Lipinski definition) is 1. The standard InChI is InChI=1S/C15H15BrN2OS/c1-18(12-5-3-2-4-6-12)15(19)10-20-14-9-11(16)7-8-13(14)17/h2-9H,10,17H2,1H3. The molecule has 1 amide bonds. The molecule has 5 heteroatoms. The van der Waals surface area contributed by atoms with Gasteiger partial charge in [0.25, 0.3) is 0 Å². The Balaban J connectivity index is 2.00. The van der Waals surface area contributed by atoms with Crippen molar-refractivity contribution in [3.8, 4) is 0 Å². The maximum atomic E-state index is 12.2. The number of nitrogens with zero attached hydrogens (tertiary/aromatic N) is 1. The predicted octanol–water partition coefficient (Wildman–Crippen LogP) is 3.79. The summed E-state index contributed by atoms with van der Waals surface area (Å²) in [6.45, 7) is 0. The Morgan fingerprint density at radius 1 is 1.25 bits per heavy atom. The monoisotopic (exact) mass is 350 g/mol. The van der Waals surface area contributed by atoms with Gasteiger partial charge >= 0.3 is 0 Å². The van der Waals surface area contributed by atoms with Crippen molar-refractivity contribution in [2.24, 2.45) is 0 Å². The zero-order valence-corrected chi connectivity index (χ0v) is 13.4. The zero-order valence-electron chi connectivity index (χ0n) is 11.0. The molecular weight excluding hydrogens is 336 g/mol. The largest absolute Gasteiger partial charge is 0.398 e. The molecule has 0 saturated heterocycles. The summed E-state index contributed by atoms with van der Waals surface area (Å²) in [6.07, 6.45) is 0. The first kappa shape index (κ1) is 14.9. The predicted molar refractivity (Wildman–Crippen MR) is 89.1 cm³/mol. The lowest BCUT2D eigenvalue weighted by Gasteiger charge is -2.17. The van der Waals surface area contributed by atoms with Crippen LogP contribution in [0.2, 0.25) is 0 Å². The molecule has 0 aromatic heterocycles. The van der Waals surface area contributed by atoms with E-state index in [-0.39, 0.29) is 5.91 Å². The number of anilines is 2. The third kappa shape index (κ3) is 3.77. The fraction of sp³-hybridized carbons (Fsp3) is 0.133. The molecule has 0 saturated carbocycles. The fourth-order valence-electron chi connectivity index (χ4n) is 1.67. The lowest BCUT2D eigenvalue weighted by molar-refractivity contribution is -0.115. The number of halogens is 1. The van der Waals surface area contributed by atoms with Crippen molar-refractivity contribution in [1.29, 1.82) is 0 Å². The van der Waals surface area contributed by atoms with Crippen LogP contribution in [0.5, 0.6) is 0 Å². The van der Waals surface area contributed by atoms with Gasteiger partial charge in [-0.2, -0.15) is 0 Å². The molecule has 2 N–H and O–H groups in total. The number of hydrogen-bond acceptors (Lipinski definition) is 3. The van der Waals surface area contributed by atoms with Crippen LogP contribution in [0.4, 0.5) is 11.4 Å². The SMILES string of the molecule is CN(C(=O)CSc1cc(Br)ccc1N)c1ccccc1. The van der Waals surface area contributed by atoms with E-state index in [4.69, 9.17) is 5.73 Å². The highest BCUT2D eigenvalue weighted by Crippen LogP contribution is 2.28. The summed E-state index contributed by atoms with van der Waals surface area (Å²) in [7, 11) is 1.78. The Morgan fingerprint density at radius 3 is 2.65 bits per heavy atom. The molecule has 0 radical (unpaired) electrons. The minimum Gasteiger partial charge on any atom is -0.398 e. The molecule has 0 aliphatic carbocycles. The summed E-state index contributed by atoms with van der Waals surface area (Å²) in [5.74, 6) is 0.395.